The maximum Gasteiger partial charge on any atom is 0.251 e. The van der Waals surface area contributed by atoms with Crippen LogP contribution in [0.5, 0.6) is 0 Å². The summed E-state index contributed by atoms with van der Waals surface area (Å²) in [5.41, 5.74) is 3.59. The van der Waals surface area contributed by atoms with Crippen LogP contribution in [0.25, 0.3) is 5.69 Å². The van der Waals surface area contributed by atoms with E-state index in [2.05, 4.69) is 31.7 Å². The van der Waals surface area contributed by atoms with Crippen LogP contribution in [-0.2, 0) is 0 Å². The lowest BCUT2D eigenvalue weighted by molar-refractivity contribution is 0.0953. The second-order valence-electron chi connectivity index (χ2n) is 5.16. The Balaban J connectivity index is 2.07. The molecule has 0 radical (unpaired) electrons. The molecular formula is C16H21BrN4O. The highest BCUT2D eigenvalue weighted by Gasteiger charge is 2.11. The van der Waals surface area contributed by atoms with Crippen LogP contribution in [0, 0.1) is 13.8 Å². The van der Waals surface area contributed by atoms with Gasteiger partial charge in [-0.15, -0.1) is 0 Å². The second-order valence-corrected chi connectivity index (χ2v) is 5.95. The number of benzene rings is 1. The fourth-order valence-corrected chi connectivity index (χ4v) is 2.45. The van der Waals surface area contributed by atoms with E-state index in [0.717, 1.165) is 34.5 Å². The minimum atomic E-state index is -0.0443. The Morgan fingerprint density at radius 1 is 1.23 bits per heavy atom. The number of halogens is 1. The number of hydrogen-bond donors (Lipinski definition) is 2. The van der Waals surface area contributed by atoms with E-state index in [-0.39, 0.29) is 5.91 Å². The van der Waals surface area contributed by atoms with Gasteiger partial charge in [0.05, 0.1) is 21.5 Å². The number of carbonyl (C=O) groups is 1. The van der Waals surface area contributed by atoms with E-state index in [1.54, 1.807) is 0 Å². The minimum Gasteiger partial charge on any atom is -0.352 e. The predicted molar refractivity (Wildman–Crippen MR) is 91.6 cm³/mol. The lowest BCUT2D eigenvalue weighted by Crippen LogP contribution is -2.26. The zero-order valence-electron chi connectivity index (χ0n) is 13.1. The maximum absolute atomic E-state index is 12.0. The number of nitrogens with one attached hydrogen (secondary N) is 2. The van der Waals surface area contributed by atoms with Gasteiger partial charge in [0.2, 0.25) is 0 Å². The van der Waals surface area contributed by atoms with Crippen LogP contribution < -0.4 is 10.6 Å². The molecule has 0 aliphatic heterocycles. The third-order valence-corrected chi connectivity index (χ3v) is 4.61. The first kappa shape index (κ1) is 16.7. The van der Waals surface area contributed by atoms with E-state index in [4.69, 9.17) is 0 Å². The fraction of sp³-hybridized carbons (Fsp3) is 0.375. The van der Waals surface area contributed by atoms with Gasteiger partial charge in [0.15, 0.2) is 0 Å². The molecule has 118 valence electrons. The van der Waals surface area contributed by atoms with Crippen molar-refractivity contribution in [2.24, 2.45) is 0 Å². The van der Waals surface area contributed by atoms with E-state index in [1.807, 2.05) is 49.8 Å². The van der Waals surface area contributed by atoms with E-state index < -0.39 is 0 Å². The summed E-state index contributed by atoms with van der Waals surface area (Å²) in [4.78, 5) is 12.0. The Morgan fingerprint density at radius 3 is 2.45 bits per heavy atom. The van der Waals surface area contributed by atoms with Crippen molar-refractivity contribution in [3.05, 3.63) is 45.7 Å². The molecule has 1 aromatic carbocycles. The van der Waals surface area contributed by atoms with E-state index in [1.165, 1.54) is 0 Å². The topological polar surface area (TPSA) is 58.9 Å². The summed E-state index contributed by atoms with van der Waals surface area (Å²) < 4.78 is 2.88. The highest BCUT2D eigenvalue weighted by Crippen LogP contribution is 2.23. The van der Waals surface area contributed by atoms with Crippen LogP contribution in [0.1, 0.15) is 28.2 Å². The molecule has 6 heteroatoms. The normalized spacial score (nSPS) is 10.7. The first-order chi connectivity index (χ1) is 10.5. The van der Waals surface area contributed by atoms with E-state index >= 15 is 0 Å². The van der Waals surface area contributed by atoms with Gasteiger partial charge in [-0.25, -0.2) is 4.68 Å². The Hall–Kier alpha value is -1.66. The quantitative estimate of drug-likeness (QED) is 0.774. The number of rotatable bonds is 6. The number of aryl methyl sites for hydroxylation is 1. The summed E-state index contributed by atoms with van der Waals surface area (Å²) in [7, 11) is 1.90. The van der Waals surface area contributed by atoms with Crippen molar-refractivity contribution in [3.8, 4) is 5.69 Å². The second kappa shape index (κ2) is 7.56. The van der Waals surface area contributed by atoms with E-state index in [0.29, 0.717) is 12.1 Å². The molecule has 0 bridgehead atoms. The van der Waals surface area contributed by atoms with Crippen molar-refractivity contribution in [3.63, 3.8) is 0 Å². The summed E-state index contributed by atoms with van der Waals surface area (Å²) in [6, 6.07) is 7.48. The van der Waals surface area contributed by atoms with Crippen molar-refractivity contribution in [2.45, 2.75) is 20.3 Å². The highest BCUT2D eigenvalue weighted by atomic mass is 79.9. The number of aromatic nitrogens is 2. The van der Waals surface area contributed by atoms with Gasteiger partial charge in [-0.3, -0.25) is 4.79 Å². The molecule has 0 unspecified atom stereocenters. The SMILES string of the molecule is CNCCCNC(=O)c1ccc(-n2nc(C)c(Br)c2C)cc1. The van der Waals surface area contributed by atoms with Gasteiger partial charge in [-0.1, -0.05) is 0 Å². The molecule has 5 nitrogen and oxygen atoms in total. The predicted octanol–water partition coefficient (Wildman–Crippen LogP) is 2.59. The Labute approximate surface area is 139 Å². The van der Waals surface area contributed by atoms with Gasteiger partial charge in [0.1, 0.15) is 0 Å². The molecule has 0 spiro atoms. The highest BCUT2D eigenvalue weighted by molar-refractivity contribution is 9.10. The first-order valence-corrected chi connectivity index (χ1v) is 8.09. The zero-order chi connectivity index (χ0) is 16.1. The molecule has 2 N–H and O–H groups in total. The lowest BCUT2D eigenvalue weighted by atomic mass is 10.2. The van der Waals surface area contributed by atoms with Crippen LogP contribution in [0.15, 0.2) is 28.7 Å². The molecule has 0 saturated heterocycles. The van der Waals surface area contributed by atoms with Gasteiger partial charge in [0.25, 0.3) is 5.91 Å². The Kier molecular flexibility index (Phi) is 5.74. The molecule has 0 aliphatic carbocycles. The standard InChI is InChI=1S/C16H21BrN4O/c1-11-15(17)12(2)21(20-11)14-7-5-13(6-8-14)16(22)19-10-4-9-18-3/h5-8,18H,4,9-10H2,1-3H3,(H,19,22). The third kappa shape index (κ3) is 3.75. The van der Waals surface area contributed by atoms with Gasteiger partial charge >= 0.3 is 0 Å². The average molecular weight is 365 g/mol. The first-order valence-electron chi connectivity index (χ1n) is 7.29. The van der Waals surface area contributed by atoms with Gasteiger partial charge in [0, 0.05) is 12.1 Å². The summed E-state index contributed by atoms with van der Waals surface area (Å²) in [6.07, 6.45) is 0.917. The summed E-state index contributed by atoms with van der Waals surface area (Å²) in [6.45, 7) is 5.53. The average Bonchev–Trinajstić information content (AvgIpc) is 2.79. The van der Waals surface area contributed by atoms with Crippen LogP contribution >= 0.6 is 15.9 Å². The zero-order valence-corrected chi connectivity index (χ0v) is 14.7. The van der Waals surface area contributed by atoms with E-state index in [9.17, 15) is 4.79 Å². The van der Waals surface area contributed by atoms with Crippen LogP contribution in [0.3, 0.4) is 0 Å². The number of carbonyl (C=O) groups excluding carboxylic acids is 1. The van der Waals surface area contributed by atoms with Crippen molar-refractivity contribution in [2.75, 3.05) is 20.1 Å². The van der Waals surface area contributed by atoms with Gasteiger partial charge < -0.3 is 10.6 Å². The van der Waals surface area contributed by atoms with Crippen molar-refractivity contribution >= 4 is 21.8 Å². The molecule has 1 heterocycles. The molecule has 0 atom stereocenters. The smallest absolute Gasteiger partial charge is 0.251 e. The summed E-state index contributed by atoms with van der Waals surface area (Å²) >= 11 is 3.52. The molecule has 1 amide bonds. The monoisotopic (exact) mass is 364 g/mol. The summed E-state index contributed by atoms with van der Waals surface area (Å²) in [5.74, 6) is -0.0443. The van der Waals surface area contributed by atoms with Crippen LogP contribution in [0.2, 0.25) is 0 Å². The van der Waals surface area contributed by atoms with Crippen molar-refractivity contribution in [1.29, 1.82) is 0 Å². The molecule has 22 heavy (non-hydrogen) atoms. The van der Waals surface area contributed by atoms with Crippen molar-refractivity contribution < 1.29 is 4.79 Å². The summed E-state index contributed by atoms with van der Waals surface area (Å²) in [5, 5.41) is 10.4. The molecule has 2 rings (SSSR count). The largest absolute Gasteiger partial charge is 0.352 e. The Bertz CT molecular complexity index is 649. The maximum atomic E-state index is 12.0. The van der Waals surface area contributed by atoms with Gasteiger partial charge in [-0.05, 0) is 74.1 Å². The minimum absolute atomic E-state index is 0.0443. The van der Waals surface area contributed by atoms with Gasteiger partial charge in [-0.2, -0.15) is 5.10 Å². The third-order valence-electron chi connectivity index (χ3n) is 3.47. The molecule has 0 saturated carbocycles. The molecule has 0 aliphatic rings. The van der Waals surface area contributed by atoms with Crippen molar-refractivity contribution in [1.82, 2.24) is 20.4 Å². The number of amides is 1. The number of nitrogens with zero attached hydrogens (tertiary/aromatic N) is 2. The molecule has 0 fully saturated rings. The van der Waals surface area contributed by atoms with Crippen LogP contribution in [-0.4, -0.2) is 35.8 Å². The molecular weight excluding hydrogens is 344 g/mol. The fourth-order valence-electron chi connectivity index (χ4n) is 2.20. The Morgan fingerprint density at radius 2 is 1.91 bits per heavy atom. The molecule has 2 aromatic rings. The van der Waals surface area contributed by atoms with Crippen LogP contribution in [0.4, 0.5) is 0 Å². The number of hydrogen-bond acceptors (Lipinski definition) is 3. The lowest BCUT2D eigenvalue weighted by Gasteiger charge is -2.07. The molecule has 1 aromatic heterocycles.